The van der Waals surface area contributed by atoms with Gasteiger partial charge in [-0.25, -0.2) is 18.1 Å². The highest BCUT2D eigenvalue weighted by Crippen LogP contribution is 2.34. The molecule has 0 saturated carbocycles. The van der Waals surface area contributed by atoms with Crippen molar-refractivity contribution in [2.75, 3.05) is 24.2 Å². The number of aromatic nitrogens is 1. The first-order chi connectivity index (χ1) is 10.8. The molecule has 1 fully saturated rings. The minimum atomic E-state index is -3.12. The number of nitrogens with one attached hydrogen (secondary N) is 1. The van der Waals surface area contributed by atoms with E-state index in [0.717, 1.165) is 36.6 Å². The number of anilines is 1. The monoisotopic (exact) mass is 353 g/mol. The Labute approximate surface area is 141 Å². The van der Waals surface area contributed by atoms with E-state index in [0.29, 0.717) is 5.92 Å². The molecule has 0 unspecified atom stereocenters. The van der Waals surface area contributed by atoms with Gasteiger partial charge in [-0.1, -0.05) is 37.3 Å². The van der Waals surface area contributed by atoms with E-state index in [2.05, 4.69) is 41.7 Å². The highest BCUT2D eigenvalue weighted by atomic mass is 32.2. The summed E-state index contributed by atoms with van der Waals surface area (Å²) in [4.78, 5) is 7.14. The molecule has 1 aliphatic heterocycles. The topological polar surface area (TPSA) is 62.3 Å². The van der Waals surface area contributed by atoms with Crippen LogP contribution in [0.2, 0.25) is 0 Å². The zero-order chi connectivity index (χ0) is 16.6. The standard InChI is InChI=1S/C16H23N3O2S2/c1-11(2)13-5-4-6-14-15(13)17-16(22-14)19-9-7-12(8-10-19)18-23(3,20)21/h4-6,11-12,18H,7-10H2,1-3H3. The summed E-state index contributed by atoms with van der Waals surface area (Å²) in [7, 11) is -3.12. The van der Waals surface area contributed by atoms with Crippen molar-refractivity contribution >= 4 is 36.7 Å². The molecule has 0 atom stereocenters. The Balaban J connectivity index is 1.76. The number of nitrogens with zero attached hydrogens (tertiary/aromatic N) is 2. The van der Waals surface area contributed by atoms with Gasteiger partial charge in [0.15, 0.2) is 5.13 Å². The molecule has 5 nitrogen and oxygen atoms in total. The highest BCUT2D eigenvalue weighted by Gasteiger charge is 2.24. The minimum Gasteiger partial charge on any atom is -0.348 e. The average Bonchev–Trinajstić information content (AvgIpc) is 2.89. The molecule has 1 N–H and O–H groups in total. The highest BCUT2D eigenvalue weighted by molar-refractivity contribution is 7.88. The van der Waals surface area contributed by atoms with Crippen LogP contribution in [0.3, 0.4) is 0 Å². The number of benzene rings is 1. The van der Waals surface area contributed by atoms with Crippen molar-refractivity contribution in [1.82, 2.24) is 9.71 Å². The SMILES string of the molecule is CC(C)c1cccc2sc(N3CCC(NS(C)(=O)=O)CC3)nc12. The number of rotatable bonds is 4. The van der Waals surface area contributed by atoms with Crippen molar-refractivity contribution in [3.05, 3.63) is 23.8 Å². The van der Waals surface area contributed by atoms with Gasteiger partial charge in [0.05, 0.1) is 16.5 Å². The molecule has 0 spiro atoms. The normalized spacial score (nSPS) is 17.3. The summed E-state index contributed by atoms with van der Waals surface area (Å²) < 4.78 is 26.6. The fourth-order valence-electron chi connectivity index (χ4n) is 3.05. The van der Waals surface area contributed by atoms with Crippen molar-refractivity contribution in [3.8, 4) is 0 Å². The van der Waals surface area contributed by atoms with E-state index < -0.39 is 10.0 Å². The van der Waals surface area contributed by atoms with Gasteiger partial charge in [0.25, 0.3) is 0 Å². The average molecular weight is 354 g/mol. The molecule has 0 radical (unpaired) electrons. The van der Waals surface area contributed by atoms with Crippen LogP contribution in [0.15, 0.2) is 18.2 Å². The second kappa shape index (κ2) is 6.37. The Morgan fingerprint density at radius 1 is 1.30 bits per heavy atom. The van der Waals surface area contributed by atoms with E-state index in [1.54, 1.807) is 11.3 Å². The van der Waals surface area contributed by atoms with E-state index >= 15 is 0 Å². The second-order valence-corrected chi connectivity index (χ2v) is 9.29. The van der Waals surface area contributed by atoms with E-state index in [1.165, 1.54) is 16.5 Å². The molecule has 0 bridgehead atoms. The number of hydrogen-bond acceptors (Lipinski definition) is 5. The van der Waals surface area contributed by atoms with Gasteiger partial charge in [0.1, 0.15) is 0 Å². The molecule has 23 heavy (non-hydrogen) atoms. The van der Waals surface area contributed by atoms with Crippen molar-refractivity contribution in [2.45, 2.75) is 38.6 Å². The fourth-order valence-corrected chi connectivity index (χ4v) is 4.94. The fraction of sp³-hybridized carbons (Fsp3) is 0.562. The van der Waals surface area contributed by atoms with Crippen LogP contribution in [0.5, 0.6) is 0 Å². The van der Waals surface area contributed by atoms with E-state index in [9.17, 15) is 8.42 Å². The van der Waals surface area contributed by atoms with Crippen LogP contribution in [-0.2, 0) is 10.0 Å². The second-order valence-electron chi connectivity index (χ2n) is 6.50. The molecular formula is C16H23N3O2S2. The maximum Gasteiger partial charge on any atom is 0.208 e. The van der Waals surface area contributed by atoms with Gasteiger partial charge in [-0.15, -0.1) is 0 Å². The Hall–Kier alpha value is -1.18. The number of piperidine rings is 1. The van der Waals surface area contributed by atoms with Gasteiger partial charge >= 0.3 is 0 Å². The van der Waals surface area contributed by atoms with Gasteiger partial charge in [-0.3, -0.25) is 0 Å². The predicted molar refractivity (Wildman–Crippen MR) is 96.9 cm³/mol. The van der Waals surface area contributed by atoms with Gasteiger partial charge in [0.2, 0.25) is 10.0 Å². The smallest absolute Gasteiger partial charge is 0.208 e. The lowest BCUT2D eigenvalue weighted by Gasteiger charge is -2.31. The maximum absolute atomic E-state index is 11.3. The first-order valence-electron chi connectivity index (χ1n) is 7.95. The molecule has 0 aliphatic carbocycles. The molecule has 2 heterocycles. The third-order valence-electron chi connectivity index (χ3n) is 4.21. The van der Waals surface area contributed by atoms with E-state index in [4.69, 9.17) is 4.98 Å². The third-order valence-corrected chi connectivity index (χ3v) is 6.05. The molecule has 7 heteroatoms. The number of para-hydroxylation sites is 1. The number of sulfonamides is 1. The Morgan fingerprint density at radius 3 is 2.61 bits per heavy atom. The Kier molecular flexibility index (Phi) is 4.62. The summed E-state index contributed by atoms with van der Waals surface area (Å²) in [6.07, 6.45) is 2.86. The van der Waals surface area contributed by atoms with Crippen LogP contribution < -0.4 is 9.62 Å². The quantitative estimate of drug-likeness (QED) is 0.918. The van der Waals surface area contributed by atoms with Crippen molar-refractivity contribution < 1.29 is 8.42 Å². The molecule has 1 saturated heterocycles. The Bertz CT molecular complexity index is 791. The lowest BCUT2D eigenvalue weighted by molar-refractivity contribution is 0.461. The first kappa shape index (κ1) is 16.7. The summed E-state index contributed by atoms with van der Waals surface area (Å²) in [6, 6.07) is 6.42. The zero-order valence-electron chi connectivity index (χ0n) is 13.7. The van der Waals surface area contributed by atoms with Crippen molar-refractivity contribution in [1.29, 1.82) is 0 Å². The summed E-state index contributed by atoms with van der Waals surface area (Å²) in [6.45, 7) is 6.06. The lowest BCUT2D eigenvalue weighted by Crippen LogP contribution is -2.44. The molecular weight excluding hydrogens is 330 g/mol. The maximum atomic E-state index is 11.3. The molecule has 1 aliphatic rings. The zero-order valence-corrected chi connectivity index (χ0v) is 15.4. The van der Waals surface area contributed by atoms with Crippen LogP contribution in [0.25, 0.3) is 10.2 Å². The van der Waals surface area contributed by atoms with Gasteiger partial charge < -0.3 is 4.90 Å². The number of thiazole rings is 1. The van der Waals surface area contributed by atoms with Crippen molar-refractivity contribution in [2.24, 2.45) is 0 Å². The van der Waals surface area contributed by atoms with E-state index in [-0.39, 0.29) is 6.04 Å². The number of fused-ring (bicyclic) bond motifs is 1. The van der Waals surface area contributed by atoms with Gasteiger partial charge in [0, 0.05) is 19.1 Å². The predicted octanol–water partition coefficient (Wildman–Crippen LogP) is 2.94. The largest absolute Gasteiger partial charge is 0.348 e. The summed E-state index contributed by atoms with van der Waals surface area (Å²) in [5.74, 6) is 0.457. The first-order valence-corrected chi connectivity index (χ1v) is 10.7. The van der Waals surface area contributed by atoms with Crippen LogP contribution in [0.1, 0.15) is 38.2 Å². The molecule has 1 aromatic heterocycles. The Morgan fingerprint density at radius 2 is 2.00 bits per heavy atom. The third kappa shape index (κ3) is 3.84. The van der Waals surface area contributed by atoms with Crippen LogP contribution in [0, 0.1) is 0 Å². The summed E-state index contributed by atoms with van der Waals surface area (Å²) >= 11 is 1.73. The minimum absolute atomic E-state index is 0.0434. The van der Waals surface area contributed by atoms with E-state index in [1.807, 2.05) is 0 Å². The van der Waals surface area contributed by atoms with Gasteiger partial charge in [-0.05, 0) is 30.4 Å². The molecule has 0 amide bonds. The van der Waals surface area contributed by atoms with Gasteiger partial charge in [-0.2, -0.15) is 0 Å². The van der Waals surface area contributed by atoms with Crippen LogP contribution >= 0.6 is 11.3 Å². The lowest BCUT2D eigenvalue weighted by atomic mass is 10.0. The van der Waals surface area contributed by atoms with Crippen LogP contribution in [0.4, 0.5) is 5.13 Å². The molecule has 1 aromatic carbocycles. The number of hydrogen-bond donors (Lipinski definition) is 1. The molecule has 126 valence electrons. The summed E-state index contributed by atoms with van der Waals surface area (Å²) in [5.41, 5.74) is 2.40. The van der Waals surface area contributed by atoms with Crippen molar-refractivity contribution in [3.63, 3.8) is 0 Å². The van der Waals surface area contributed by atoms with Crippen LogP contribution in [-0.4, -0.2) is 38.8 Å². The molecule has 3 rings (SSSR count). The molecule has 2 aromatic rings. The summed E-state index contributed by atoms with van der Waals surface area (Å²) in [5, 5.41) is 1.05.